The van der Waals surface area contributed by atoms with Crippen molar-refractivity contribution in [3.8, 4) is 6.07 Å². The van der Waals surface area contributed by atoms with Gasteiger partial charge in [-0.15, -0.1) is 6.58 Å². The second kappa shape index (κ2) is 8.90. The summed E-state index contributed by atoms with van der Waals surface area (Å²) in [4.78, 5) is 26.7. The first-order chi connectivity index (χ1) is 11.7. The van der Waals surface area contributed by atoms with Gasteiger partial charge in [-0.1, -0.05) is 6.08 Å². The zero-order chi connectivity index (χ0) is 19.1. The number of hydrogen-bond acceptors (Lipinski definition) is 4. The number of allylic oxidation sites excluding steroid dienone is 1. The molecular formula is C17H25F2N3O3. The summed E-state index contributed by atoms with van der Waals surface area (Å²) < 4.78 is 27.0. The molecule has 0 aliphatic carbocycles. The number of halogens is 2. The standard InChI is InChI=1S/C17H25F2N3O3/c1-3-4-6-14(23)21(2)16(8-10-20,15(24)25)9-12-22-11-5-7-17(18,19)13-22/h3H,1,4-9,11-13H2,2H3,(H,24,25)/t16-/m1/s1. The highest BCUT2D eigenvalue weighted by Gasteiger charge is 2.45. The molecule has 0 saturated carbocycles. The van der Waals surface area contributed by atoms with Crippen LogP contribution in [0.4, 0.5) is 8.78 Å². The largest absolute Gasteiger partial charge is 0.479 e. The molecule has 0 spiro atoms. The second-order valence-corrected chi connectivity index (χ2v) is 6.44. The summed E-state index contributed by atoms with van der Waals surface area (Å²) in [5.41, 5.74) is -1.72. The Hall–Kier alpha value is -2.01. The Balaban J connectivity index is 2.91. The van der Waals surface area contributed by atoms with Crippen molar-refractivity contribution < 1.29 is 23.5 Å². The van der Waals surface area contributed by atoms with Gasteiger partial charge in [-0.2, -0.15) is 5.26 Å². The van der Waals surface area contributed by atoms with Crippen molar-refractivity contribution in [3.63, 3.8) is 0 Å². The normalized spacial score (nSPS) is 19.4. The van der Waals surface area contributed by atoms with Crippen LogP contribution in [-0.2, 0) is 9.59 Å². The minimum Gasteiger partial charge on any atom is -0.479 e. The molecular weight excluding hydrogens is 332 g/mol. The average molecular weight is 357 g/mol. The molecule has 1 N–H and O–H groups in total. The maximum atomic E-state index is 13.5. The highest BCUT2D eigenvalue weighted by molar-refractivity contribution is 5.87. The summed E-state index contributed by atoms with van der Waals surface area (Å²) in [5.74, 6) is -4.50. The Morgan fingerprint density at radius 2 is 2.20 bits per heavy atom. The molecule has 1 amide bonds. The van der Waals surface area contributed by atoms with Crippen molar-refractivity contribution in [2.24, 2.45) is 0 Å². The van der Waals surface area contributed by atoms with Crippen LogP contribution in [0, 0.1) is 11.3 Å². The number of carboxylic acids is 1. The number of piperidine rings is 1. The lowest BCUT2D eigenvalue weighted by atomic mass is 9.88. The van der Waals surface area contributed by atoms with E-state index in [9.17, 15) is 23.5 Å². The first kappa shape index (κ1) is 21.0. The van der Waals surface area contributed by atoms with Gasteiger partial charge in [0.1, 0.15) is 0 Å². The van der Waals surface area contributed by atoms with Crippen LogP contribution in [0.1, 0.15) is 38.5 Å². The molecule has 0 aromatic heterocycles. The Morgan fingerprint density at radius 3 is 2.72 bits per heavy atom. The number of nitriles is 1. The summed E-state index contributed by atoms with van der Waals surface area (Å²) >= 11 is 0. The van der Waals surface area contributed by atoms with E-state index in [1.54, 1.807) is 6.08 Å². The molecule has 0 aromatic carbocycles. The first-order valence-electron chi connectivity index (χ1n) is 8.26. The van der Waals surface area contributed by atoms with E-state index in [1.807, 2.05) is 6.07 Å². The second-order valence-electron chi connectivity index (χ2n) is 6.44. The van der Waals surface area contributed by atoms with Crippen LogP contribution in [0.2, 0.25) is 0 Å². The lowest BCUT2D eigenvalue weighted by molar-refractivity contribution is -0.158. The van der Waals surface area contributed by atoms with E-state index in [0.29, 0.717) is 19.4 Å². The van der Waals surface area contributed by atoms with E-state index in [0.717, 1.165) is 4.90 Å². The number of likely N-dealkylation sites (tertiary alicyclic amines) is 1. The number of aliphatic carboxylic acids is 1. The highest BCUT2D eigenvalue weighted by Crippen LogP contribution is 2.29. The van der Waals surface area contributed by atoms with E-state index in [-0.39, 0.29) is 25.8 Å². The van der Waals surface area contributed by atoms with E-state index < -0.39 is 36.3 Å². The molecule has 0 bridgehead atoms. The number of carbonyl (C=O) groups excluding carboxylic acids is 1. The van der Waals surface area contributed by atoms with Gasteiger partial charge in [0, 0.05) is 26.4 Å². The average Bonchev–Trinajstić information content (AvgIpc) is 2.54. The molecule has 1 saturated heterocycles. The number of hydrogen-bond donors (Lipinski definition) is 1. The van der Waals surface area contributed by atoms with E-state index >= 15 is 0 Å². The smallest absolute Gasteiger partial charge is 0.330 e. The molecule has 1 heterocycles. The summed E-state index contributed by atoms with van der Waals surface area (Å²) in [7, 11) is 1.35. The summed E-state index contributed by atoms with van der Waals surface area (Å²) in [5, 5.41) is 18.8. The van der Waals surface area contributed by atoms with Crippen molar-refractivity contribution in [3.05, 3.63) is 12.7 Å². The monoisotopic (exact) mass is 357 g/mol. The molecule has 1 aliphatic rings. The van der Waals surface area contributed by atoms with Crippen LogP contribution >= 0.6 is 0 Å². The third-order valence-electron chi connectivity index (χ3n) is 4.66. The summed E-state index contributed by atoms with van der Waals surface area (Å²) in [6.45, 7) is 3.63. The lowest BCUT2D eigenvalue weighted by Gasteiger charge is -2.39. The summed E-state index contributed by atoms with van der Waals surface area (Å²) in [6.07, 6.45) is 1.71. The zero-order valence-corrected chi connectivity index (χ0v) is 14.5. The third-order valence-corrected chi connectivity index (χ3v) is 4.66. The fraction of sp³-hybridized carbons (Fsp3) is 0.706. The number of amides is 1. The van der Waals surface area contributed by atoms with Gasteiger partial charge >= 0.3 is 5.97 Å². The predicted molar refractivity (Wildman–Crippen MR) is 88.0 cm³/mol. The topological polar surface area (TPSA) is 84.6 Å². The van der Waals surface area contributed by atoms with Crippen LogP contribution in [0.5, 0.6) is 0 Å². The van der Waals surface area contributed by atoms with Gasteiger partial charge in [0.25, 0.3) is 5.92 Å². The maximum absolute atomic E-state index is 13.5. The predicted octanol–water partition coefficient (Wildman–Crippen LogP) is 2.27. The van der Waals surface area contributed by atoms with Gasteiger partial charge in [-0.25, -0.2) is 13.6 Å². The molecule has 8 heteroatoms. The van der Waals surface area contributed by atoms with Crippen molar-refractivity contribution in [1.82, 2.24) is 9.80 Å². The van der Waals surface area contributed by atoms with Crippen LogP contribution in [0.15, 0.2) is 12.7 Å². The number of nitrogens with zero attached hydrogens (tertiary/aromatic N) is 3. The maximum Gasteiger partial charge on any atom is 0.330 e. The molecule has 1 atom stereocenters. The molecule has 0 aromatic rings. The molecule has 1 aliphatic heterocycles. The van der Waals surface area contributed by atoms with Crippen LogP contribution in [0.25, 0.3) is 0 Å². The number of alkyl halides is 2. The molecule has 1 rings (SSSR count). The fourth-order valence-electron chi connectivity index (χ4n) is 3.04. The van der Waals surface area contributed by atoms with Gasteiger partial charge in [0.15, 0.2) is 5.54 Å². The van der Waals surface area contributed by atoms with Crippen molar-refractivity contribution in [2.45, 2.75) is 50.0 Å². The van der Waals surface area contributed by atoms with Crippen molar-refractivity contribution in [1.29, 1.82) is 5.26 Å². The van der Waals surface area contributed by atoms with Gasteiger partial charge in [-0.3, -0.25) is 9.69 Å². The number of likely N-dealkylation sites (N-methyl/N-ethyl adjacent to an activating group) is 1. The third kappa shape index (κ3) is 5.49. The van der Waals surface area contributed by atoms with Gasteiger partial charge in [-0.05, 0) is 25.8 Å². The SMILES string of the molecule is C=CCCC(=O)N(C)[C@](CC#N)(CCN1CCCC(F)(F)C1)C(=O)O. The number of carbonyl (C=O) groups is 2. The van der Waals surface area contributed by atoms with E-state index in [4.69, 9.17) is 5.26 Å². The summed E-state index contributed by atoms with van der Waals surface area (Å²) in [6, 6.07) is 1.82. The first-order valence-corrected chi connectivity index (χ1v) is 8.26. The quantitative estimate of drug-likeness (QED) is 0.640. The Bertz CT molecular complexity index is 548. The lowest BCUT2D eigenvalue weighted by Crippen LogP contribution is -2.57. The fourth-order valence-corrected chi connectivity index (χ4v) is 3.04. The molecule has 1 fully saturated rings. The zero-order valence-electron chi connectivity index (χ0n) is 14.5. The molecule has 25 heavy (non-hydrogen) atoms. The Morgan fingerprint density at radius 1 is 1.52 bits per heavy atom. The number of carboxylic acid groups (broad SMARTS) is 1. The highest BCUT2D eigenvalue weighted by atomic mass is 19.3. The van der Waals surface area contributed by atoms with Crippen LogP contribution in [0.3, 0.4) is 0 Å². The minimum atomic E-state index is -2.79. The van der Waals surface area contributed by atoms with Crippen LogP contribution in [-0.4, -0.2) is 64.9 Å². The van der Waals surface area contributed by atoms with Gasteiger partial charge in [0.05, 0.1) is 19.0 Å². The van der Waals surface area contributed by atoms with Crippen LogP contribution < -0.4 is 0 Å². The van der Waals surface area contributed by atoms with E-state index in [2.05, 4.69) is 6.58 Å². The molecule has 0 unspecified atom stereocenters. The Labute approximate surface area is 146 Å². The molecule has 0 radical (unpaired) electrons. The molecule has 6 nitrogen and oxygen atoms in total. The van der Waals surface area contributed by atoms with Gasteiger partial charge in [0.2, 0.25) is 5.91 Å². The molecule has 140 valence electrons. The van der Waals surface area contributed by atoms with Crippen molar-refractivity contribution in [2.75, 3.05) is 26.7 Å². The minimum absolute atomic E-state index is 0.0810. The number of rotatable bonds is 9. The van der Waals surface area contributed by atoms with E-state index in [1.165, 1.54) is 11.9 Å². The Kier molecular flexibility index (Phi) is 7.49. The van der Waals surface area contributed by atoms with Crippen molar-refractivity contribution >= 4 is 11.9 Å². The van der Waals surface area contributed by atoms with Gasteiger partial charge < -0.3 is 10.0 Å².